The number of hydrogen-bond acceptors (Lipinski definition) is 4. The van der Waals surface area contributed by atoms with Crippen LogP contribution in [0.25, 0.3) is 0 Å². The van der Waals surface area contributed by atoms with Crippen LogP contribution < -0.4 is 0 Å². The summed E-state index contributed by atoms with van der Waals surface area (Å²) in [6.07, 6.45) is 9.05. The number of phenolic OH excluding ortho intramolecular Hbond substituents is 1. The van der Waals surface area contributed by atoms with Crippen molar-refractivity contribution in [1.82, 2.24) is 9.80 Å². The number of rotatable bonds is 4. The lowest BCUT2D eigenvalue weighted by molar-refractivity contribution is -0.130. The van der Waals surface area contributed by atoms with Crippen molar-refractivity contribution in [2.24, 2.45) is 0 Å². The molecular weight excluding hydrogens is 340 g/mol. The highest BCUT2D eigenvalue weighted by atomic mass is 16.5. The molecule has 5 heteroatoms. The zero-order valence-corrected chi connectivity index (χ0v) is 16.2. The van der Waals surface area contributed by atoms with E-state index in [-0.39, 0.29) is 17.2 Å². The highest BCUT2D eigenvalue weighted by Gasteiger charge is 2.43. The summed E-state index contributed by atoms with van der Waals surface area (Å²) in [7, 11) is 0. The molecule has 0 saturated carbocycles. The Balaban J connectivity index is 1.37. The van der Waals surface area contributed by atoms with Crippen molar-refractivity contribution in [3.8, 4) is 5.75 Å². The molecule has 1 amide bonds. The summed E-state index contributed by atoms with van der Waals surface area (Å²) in [4.78, 5) is 17.5. The van der Waals surface area contributed by atoms with Crippen molar-refractivity contribution in [3.05, 3.63) is 29.8 Å². The van der Waals surface area contributed by atoms with Gasteiger partial charge in [0.1, 0.15) is 5.75 Å². The molecule has 0 aromatic heterocycles. The van der Waals surface area contributed by atoms with E-state index in [2.05, 4.69) is 4.90 Å². The van der Waals surface area contributed by atoms with Crippen LogP contribution >= 0.6 is 0 Å². The van der Waals surface area contributed by atoms with Gasteiger partial charge in [-0.05, 0) is 69.2 Å². The van der Waals surface area contributed by atoms with Gasteiger partial charge in [0, 0.05) is 31.8 Å². The first-order valence-electron chi connectivity index (χ1n) is 10.6. The van der Waals surface area contributed by atoms with Gasteiger partial charge in [-0.2, -0.15) is 0 Å². The molecule has 1 N–H and O–H groups in total. The van der Waals surface area contributed by atoms with Crippen molar-refractivity contribution in [1.29, 1.82) is 0 Å². The molecule has 4 rings (SSSR count). The monoisotopic (exact) mass is 372 g/mol. The predicted octanol–water partition coefficient (Wildman–Crippen LogP) is 2.96. The molecule has 27 heavy (non-hydrogen) atoms. The van der Waals surface area contributed by atoms with E-state index in [1.807, 2.05) is 11.0 Å². The van der Waals surface area contributed by atoms with Gasteiger partial charge in [-0.25, -0.2) is 0 Å². The van der Waals surface area contributed by atoms with Crippen LogP contribution in [0.15, 0.2) is 24.3 Å². The number of carbonyl (C=O) groups excluding carboxylic acids is 1. The van der Waals surface area contributed by atoms with Crippen LogP contribution in [0.1, 0.15) is 50.5 Å². The lowest BCUT2D eigenvalue weighted by Gasteiger charge is -2.39. The lowest BCUT2D eigenvalue weighted by Crippen LogP contribution is -2.47. The number of benzene rings is 1. The predicted molar refractivity (Wildman–Crippen MR) is 105 cm³/mol. The third-order valence-electron chi connectivity index (χ3n) is 6.72. The zero-order chi connectivity index (χ0) is 18.7. The molecule has 2 atom stereocenters. The highest BCUT2D eigenvalue weighted by Crippen LogP contribution is 2.39. The fourth-order valence-corrected chi connectivity index (χ4v) is 5.26. The number of nitrogens with zero attached hydrogens (tertiary/aromatic N) is 2. The fourth-order valence-electron chi connectivity index (χ4n) is 5.26. The van der Waals surface area contributed by atoms with E-state index >= 15 is 0 Å². The Morgan fingerprint density at radius 2 is 2.00 bits per heavy atom. The van der Waals surface area contributed by atoms with E-state index in [1.165, 1.54) is 38.6 Å². The zero-order valence-electron chi connectivity index (χ0n) is 16.2. The number of phenols is 1. The minimum atomic E-state index is 0.182. The van der Waals surface area contributed by atoms with Gasteiger partial charge in [0.15, 0.2) is 0 Å². The maximum atomic E-state index is 12.8. The molecule has 1 aromatic carbocycles. The van der Waals surface area contributed by atoms with Crippen LogP contribution in [0, 0.1) is 0 Å². The SMILES string of the molecule is O=C(Cc1cccc(O)c1)N1CCCC2(CCCN2CC2CCCO2)CC1. The summed E-state index contributed by atoms with van der Waals surface area (Å²) in [6, 6.07) is 7.05. The molecule has 3 aliphatic rings. The molecule has 3 aliphatic heterocycles. The molecule has 2 unspecified atom stereocenters. The minimum absolute atomic E-state index is 0.182. The first-order chi connectivity index (χ1) is 13.1. The third-order valence-corrected chi connectivity index (χ3v) is 6.72. The van der Waals surface area contributed by atoms with Crippen LogP contribution in [0.4, 0.5) is 0 Å². The maximum absolute atomic E-state index is 12.8. The smallest absolute Gasteiger partial charge is 0.226 e. The largest absolute Gasteiger partial charge is 0.508 e. The number of hydrogen-bond donors (Lipinski definition) is 1. The van der Waals surface area contributed by atoms with E-state index in [1.54, 1.807) is 18.2 Å². The fraction of sp³-hybridized carbons (Fsp3) is 0.682. The van der Waals surface area contributed by atoms with Crippen LogP contribution in [-0.4, -0.2) is 65.2 Å². The first-order valence-corrected chi connectivity index (χ1v) is 10.6. The Bertz CT molecular complexity index is 659. The summed E-state index contributed by atoms with van der Waals surface area (Å²) >= 11 is 0. The number of ether oxygens (including phenoxy) is 1. The second-order valence-electron chi connectivity index (χ2n) is 8.49. The van der Waals surface area contributed by atoms with Crippen molar-refractivity contribution < 1.29 is 14.6 Å². The highest BCUT2D eigenvalue weighted by molar-refractivity contribution is 5.79. The van der Waals surface area contributed by atoms with E-state index in [0.29, 0.717) is 12.5 Å². The van der Waals surface area contributed by atoms with E-state index in [0.717, 1.165) is 44.6 Å². The standard InChI is InChI=1S/C22H32N2O3/c25-19-6-1-5-18(15-19)16-21(26)23-11-3-8-22(10-13-23)9-4-12-24(22)17-20-7-2-14-27-20/h1,5-6,15,20,25H,2-4,7-14,16-17H2. The molecule has 1 aromatic rings. The van der Waals surface area contributed by atoms with Gasteiger partial charge in [-0.15, -0.1) is 0 Å². The van der Waals surface area contributed by atoms with E-state index in [9.17, 15) is 9.90 Å². The van der Waals surface area contributed by atoms with Crippen LogP contribution in [0.3, 0.4) is 0 Å². The van der Waals surface area contributed by atoms with Gasteiger partial charge in [-0.3, -0.25) is 9.69 Å². The molecule has 3 fully saturated rings. The second kappa shape index (κ2) is 8.19. The Kier molecular flexibility index (Phi) is 5.69. The molecular formula is C22H32N2O3. The molecule has 5 nitrogen and oxygen atoms in total. The maximum Gasteiger partial charge on any atom is 0.226 e. The van der Waals surface area contributed by atoms with Crippen LogP contribution in [0.2, 0.25) is 0 Å². The number of carbonyl (C=O) groups is 1. The van der Waals surface area contributed by atoms with Gasteiger partial charge in [0.05, 0.1) is 12.5 Å². The third kappa shape index (κ3) is 4.30. The van der Waals surface area contributed by atoms with Gasteiger partial charge in [0.2, 0.25) is 5.91 Å². The summed E-state index contributed by atoms with van der Waals surface area (Å²) < 4.78 is 5.89. The number of amides is 1. The first kappa shape index (κ1) is 18.8. The molecule has 0 aliphatic carbocycles. The van der Waals surface area contributed by atoms with Crippen LogP contribution in [0.5, 0.6) is 5.75 Å². The normalized spacial score (nSPS) is 29.3. The molecule has 0 radical (unpaired) electrons. The van der Waals surface area contributed by atoms with Gasteiger partial charge >= 0.3 is 0 Å². The number of likely N-dealkylation sites (tertiary alicyclic amines) is 2. The minimum Gasteiger partial charge on any atom is -0.508 e. The summed E-state index contributed by atoms with van der Waals surface area (Å²) in [6.45, 7) is 4.87. The average Bonchev–Trinajstić information content (AvgIpc) is 3.23. The van der Waals surface area contributed by atoms with E-state index in [4.69, 9.17) is 4.74 Å². The average molecular weight is 373 g/mol. The van der Waals surface area contributed by atoms with Crippen molar-refractivity contribution >= 4 is 5.91 Å². The second-order valence-corrected chi connectivity index (χ2v) is 8.49. The molecule has 1 spiro atoms. The van der Waals surface area contributed by atoms with Gasteiger partial charge < -0.3 is 14.7 Å². The Labute approximate surface area is 162 Å². The van der Waals surface area contributed by atoms with Crippen molar-refractivity contribution in [3.63, 3.8) is 0 Å². The molecule has 3 saturated heterocycles. The topological polar surface area (TPSA) is 53.0 Å². The quantitative estimate of drug-likeness (QED) is 0.883. The Morgan fingerprint density at radius 3 is 2.78 bits per heavy atom. The van der Waals surface area contributed by atoms with Gasteiger partial charge in [0.25, 0.3) is 0 Å². The summed E-state index contributed by atoms with van der Waals surface area (Å²) in [5, 5.41) is 9.63. The Hall–Kier alpha value is -1.59. The molecule has 0 bridgehead atoms. The van der Waals surface area contributed by atoms with Crippen molar-refractivity contribution in [2.75, 3.05) is 32.8 Å². The molecule has 148 valence electrons. The van der Waals surface area contributed by atoms with Crippen molar-refractivity contribution in [2.45, 2.75) is 63.0 Å². The van der Waals surface area contributed by atoms with Crippen LogP contribution in [-0.2, 0) is 16.0 Å². The summed E-state index contributed by atoms with van der Waals surface area (Å²) in [5.74, 6) is 0.409. The van der Waals surface area contributed by atoms with Gasteiger partial charge in [-0.1, -0.05) is 12.1 Å². The Morgan fingerprint density at radius 1 is 1.15 bits per heavy atom. The number of aromatic hydroxyl groups is 1. The van der Waals surface area contributed by atoms with E-state index < -0.39 is 0 Å². The summed E-state index contributed by atoms with van der Waals surface area (Å²) in [5.41, 5.74) is 1.16. The lowest BCUT2D eigenvalue weighted by atomic mass is 9.87. The molecule has 3 heterocycles.